The van der Waals surface area contributed by atoms with Gasteiger partial charge < -0.3 is 5.32 Å². The van der Waals surface area contributed by atoms with Crippen LogP contribution in [0, 0.1) is 0 Å². The number of halogens is 1. The second kappa shape index (κ2) is 5.51. The van der Waals surface area contributed by atoms with E-state index in [0.717, 1.165) is 11.8 Å². The van der Waals surface area contributed by atoms with Crippen molar-refractivity contribution >= 4 is 33.0 Å². The predicted octanol–water partition coefficient (Wildman–Crippen LogP) is 2.75. The number of sulfone groups is 1. The van der Waals surface area contributed by atoms with Crippen LogP contribution in [0.4, 0.5) is 5.69 Å². The summed E-state index contributed by atoms with van der Waals surface area (Å²) in [6, 6.07) is 7.06. The first-order valence-electron chi connectivity index (χ1n) is 5.81. The number of amides is 1. The molecule has 0 bridgehead atoms. The Labute approximate surface area is 119 Å². The number of anilines is 1. The molecule has 0 heterocycles. The lowest BCUT2D eigenvalue weighted by atomic mass is 10.1. The quantitative estimate of drug-likeness (QED) is 0.870. The Morgan fingerprint density at radius 1 is 1.32 bits per heavy atom. The van der Waals surface area contributed by atoms with Gasteiger partial charge >= 0.3 is 0 Å². The number of alkyl halides is 1. The van der Waals surface area contributed by atoms with Gasteiger partial charge in [0.05, 0.1) is 5.38 Å². The Kier molecular flexibility index (Phi) is 4.63. The first-order chi connectivity index (χ1) is 8.57. The highest BCUT2D eigenvalue weighted by Gasteiger charge is 2.38. The van der Waals surface area contributed by atoms with Crippen molar-refractivity contribution in [3.63, 3.8) is 0 Å². The number of nitrogens with one attached hydrogen (secondary N) is 1. The summed E-state index contributed by atoms with van der Waals surface area (Å²) in [4.78, 5) is 12.1. The minimum Gasteiger partial charge on any atom is -0.324 e. The Hall–Kier alpha value is -1.07. The summed E-state index contributed by atoms with van der Waals surface area (Å²) in [5.41, 5.74) is 1.29. The van der Waals surface area contributed by atoms with Gasteiger partial charge in [-0.05, 0) is 32.4 Å². The second-order valence-electron chi connectivity index (χ2n) is 4.94. The highest BCUT2D eigenvalue weighted by Crippen LogP contribution is 2.28. The van der Waals surface area contributed by atoms with Gasteiger partial charge in [-0.3, -0.25) is 4.79 Å². The van der Waals surface area contributed by atoms with Gasteiger partial charge in [-0.25, -0.2) is 8.42 Å². The van der Waals surface area contributed by atoms with Crippen LogP contribution in [0.5, 0.6) is 0 Å². The summed E-state index contributed by atoms with van der Waals surface area (Å²) >= 11 is 6.03. The minimum absolute atomic E-state index is 0.280. The maximum absolute atomic E-state index is 12.1. The van der Waals surface area contributed by atoms with Crippen LogP contribution in [0.25, 0.3) is 0 Å². The lowest BCUT2D eigenvalue weighted by Crippen LogP contribution is -2.44. The van der Waals surface area contributed by atoms with Crippen molar-refractivity contribution in [3.8, 4) is 0 Å². The molecule has 1 aromatic rings. The molecule has 1 amide bonds. The molecule has 19 heavy (non-hydrogen) atoms. The fraction of sp³-hybridized carbons (Fsp3) is 0.462. The Bertz CT molecular complexity index is 579. The standard InChI is InChI=1S/C13H18ClNO3S/c1-9(14)10-7-5-6-8-11(10)15-12(16)13(2,3)19(4,17)18/h5-9H,1-4H3,(H,15,16). The normalized spacial score (nSPS) is 13.9. The van der Waals surface area contributed by atoms with Gasteiger partial charge in [0.1, 0.15) is 4.75 Å². The summed E-state index contributed by atoms with van der Waals surface area (Å²) < 4.78 is 21.7. The van der Waals surface area contributed by atoms with Crippen molar-refractivity contribution in [2.24, 2.45) is 0 Å². The van der Waals surface area contributed by atoms with E-state index in [1.807, 2.05) is 6.07 Å². The minimum atomic E-state index is -3.50. The average Bonchev–Trinajstić information content (AvgIpc) is 2.27. The molecule has 0 aliphatic rings. The van der Waals surface area contributed by atoms with E-state index in [-0.39, 0.29) is 5.38 Å². The lowest BCUT2D eigenvalue weighted by Gasteiger charge is -2.22. The van der Waals surface area contributed by atoms with Gasteiger partial charge in [-0.15, -0.1) is 11.6 Å². The summed E-state index contributed by atoms with van der Waals surface area (Å²) in [5.74, 6) is -0.570. The number of hydrogen-bond donors (Lipinski definition) is 1. The number of carbonyl (C=O) groups is 1. The van der Waals surface area contributed by atoms with Crippen molar-refractivity contribution in [2.45, 2.75) is 30.9 Å². The molecule has 1 rings (SSSR count). The highest BCUT2D eigenvalue weighted by atomic mass is 35.5. The SMILES string of the molecule is CC(Cl)c1ccccc1NC(=O)C(C)(C)S(C)(=O)=O. The van der Waals surface area contributed by atoms with E-state index in [0.29, 0.717) is 5.69 Å². The van der Waals surface area contributed by atoms with E-state index >= 15 is 0 Å². The smallest absolute Gasteiger partial charge is 0.245 e. The fourth-order valence-electron chi connectivity index (χ4n) is 1.40. The summed E-state index contributed by atoms with van der Waals surface area (Å²) in [6.07, 6.45) is 1.04. The Morgan fingerprint density at radius 2 is 1.84 bits per heavy atom. The zero-order valence-electron chi connectivity index (χ0n) is 11.4. The lowest BCUT2D eigenvalue weighted by molar-refractivity contribution is -0.117. The van der Waals surface area contributed by atoms with Gasteiger partial charge in [0.15, 0.2) is 9.84 Å². The number of rotatable bonds is 4. The first-order valence-corrected chi connectivity index (χ1v) is 8.14. The maximum atomic E-state index is 12.1. The van der Waals surface area contributed by atoms with E-state index in [9.17, 15) is 13.2 Å². The molecule has 0 saturated carbocycles. The van der Waals surface area contributed by atoms with Gasteiger partial charge in [-0.2, -0.15) is 0 Å². The zero-order chi connectivity index (χ0) is 14.8. The van der Waals surface area contributed by atoms with Gasteiger partial charge in [0.2, 0.25) is 5.91 Å². The second-order valence-corrected chi connectivity index (χ2v) is 8.16. The van der Waals surface area contributed by atoms with Gasteiger partial charge in [-0.1, -0.05) is 18.2 Å². The number of para-hydroxylation sites is 1. The third-order valence-corrected chi connectivity index (χ3v) is 5.39. The van der Waals surface area contributed by atoms with Crippen LogP contribution in [-0.2, 0) is 14.6 Å². The van der Waals surface area contributed by atoms with E-state index in [2.05, 4.69) is 5.32 Å². The molecule has 0 aliphatic heterocycles. The maximum Gasteiger partial charge on any atom is 0.245 e. The highest BCUT2D eigenvalue weighted by molar-refractivity contribution is 7.92. The molecule has 0 aromatic heterocycles. The van der Waals surface area contributed by atoms with Crippen LogP contribution < -0.4 is 5.32 Å². The molecule has 0 spiro atoms. The largest absolute Gasteiger partial charge is 0.324 e. The molecule has 106 valence electrons. The molecule has 0 radical (unpaired) electrons. The summed E-state index contributed by atoms with van der Waals surface area (Å²) in [7, 11) is -3.50. The molecule has 1 unspecified atom stereocenters. The molecular weight excluding hydrogens is 286 g/mol. The van der Waals surface area contributed by atoms with Crippen LogP contribution in [-0.4, -0.2) is 25.3 Å². The molecule has 4 nitrogen and oxygen atoms in total. The number of benzene rings is 1. The van der Waals surface area contributed by atoms with E-state index < -0.39 is 20.5 Å². The van der Waals surface area contributed by atoms with E-state index in [1.165, 1.54) is 13.8 Å². The van der Waals surface area contributed by atoms with Crippen molar-refractivity contribution in [1.82, 2.24) is 0 Å². The number of carbonyl (C=O) groups excluding carboxylic acids is 1. The molecule has 0 saturated heterocycles. The molecule has 0 fully saturated rings. The monoisotopic (exact) mass is 303 g/mol. The van der Waals surface area contributed by atoms with Crippen LogP contribution in [0.1, 0.15) is 31.7 Å². The average molecular weight is 304 g/mol. The van der Waals surface area contributed by atoms with Gasteiger partial charge in [0.25, 0.3) is 0 Å². The third kappa shape index (κ3) is 3.48. The fourth-order valence-corrected chi connectivity index (χ4v) is 1.98. The first kappa shape index (κ1) is 16.0. The van der Waals surface area contributed by atoms with Crippen LogP contribution >= 0.6 is 11.6 Å². The molecule has 6 heteroatoms. The van der Waals surface area contributed by atoms with Gasteiger partial charge in [0, 0.05) is 11.9 Å². The molecule has 0 aliphatic carbocycles. The summed E-state index contributed by atoms with van der Waals surface area (Å²) in [5, 5.41) is 2.36. The van der Waals surface area contributed by atoms with E-state index in [1.54, 1.807) is 25.1 Å². The van der Waals surface area contributed by atoms with Crippen LogP contribution in [0.3, 0.4) is 0 Å². The predicted molar refractivity (Wildman–Crippen MR) is 78.3 cm³/mol. The summed E-state index contributed by atoms with van der Waals surface area (Å²) in [6.45, 7) is 4.54. The van der Waals surface area contributed by atoms with Crippen molar-refractivity contribution in [2.75, 3.05) is 11.6 Å². The van der Waals surface area contributed by atoms with Crippen molar-refractivity contribution < 1.29 is 13.2 Å². The Balaban J connectivity index is 3.08. The topological polar surface area (TPSA) is 63.2 Å². The van der Waals surface area contributed by atoms with Crippen LogP contribution in [0.2, 0.25) is 0 Å². The third-order valence-electron chi connectivity index (χ3n) is 3.11. The molecule has 1 atom stereocenters. The van der Waals surface area contributed by atoms with Crippen molar-refractivity contribution in [1.29, 1.82) is 0 Å². The molecular formula is C13H18ClNO3S. The van der Waals surface area contributed by atoms with Crippen LogP contribution in [0.15, 0.2) is 24.3 Å². The number of hydrogen-bond acceptors (Lipinski definition) is 3. The zero-order valence-corrected chi connectivity index (χ0v) is 13.0. The molecule has 1 N–H and O–H groups in total. The molecule has 1 aromatic carbocycles. The Morgan fingerprint density at radius 3 is 2.32 bits per heavy atom. The van der Waals surface area contributed by atoms with Crippen molar-refractivity contribution in [3.05, 3.63) is 29.8 Å². The van der Waals surface area contributed by atoms with E-state index in [4.69, 9.17) is 11.6 Å².